The summed E-state index contributed by atoms with van der Waals surface area (Å²) in [7, 11) is 3.75. The van der Waals surface area contributed by atoms with Crippen molar-refractivity contribution in [1.82, 2.24) is 44.6 Å². The van der Waals surface area contributed by atoms with Gasteiger partial charge in [0.2, 0.25) is 5.88 Å². The lowest BCUT2D eigenvalue weighted by atomic mass is 10.1. The van der Waals surface area contributed by atoms with Crippen LogP contribution in [0, 0.1) is 0 Å². The van der Waals surface area contributed by atoms with Gasteiger partial charge < -0.3 is 9.64 Å². The Morgan fingerprint density at radius 2 is 2.03 bits per heavy atom. The molecule has 0 unspecified atom stereocenters. The first kappa shape index (κ1) is 18.6. The van der Waals surface area contributed by atoms with Gasteiger partial charge in [0.15, 0.2) is 11.2 Å². The number of methoxy groups -OCH3 is 1. The molecule has 4 aromatic heterocycles. The van der Waals surface area contributed by atoms with E-state index in [-0.39, 0.29) is 0 Å². The highest BCUT2D eigenvalue weighted by Gasteiger charge is 2.19. The third-order valence-corrected chi connectivity index (χ3v) is 5.49. The second-order valence-electron chi connectivity index (χ2n) is 7.59. The SMILES string of the molecule is COc1cc(-n2nnc3cnc(Cc4cnn(C5CCN(C)CC5)c4)nc32)ccn1. The Morgan fingerprint density at radius 3 is 2.87 bits per heavy atom. The van der Waals surface area contributed by atoms with Crippen molar-refractivity contribution in [2.75, 3.05) is 27.2 Å². The maximum absolute atomic E-state index is 5.21. The first-order chi connectivity index (χ1) is 14.7. The van der Waals surface area contributed by atoms with Gasteiger partial charge in [0.25, 0.3) is 0 Å². The Labute approximate surface area is 173 Å². The molecule has 0 radical (unpaired) electrons. The summed E-state index contributed by atoms with van der Waals surface area (Å²) in [4.78, 5) is 15.7. The quantitative estimate of drug-likeness (QED) is 0.494. The van der Waals surface area contributed by atoms with E-state index in [1.807, 2.05) is 12.3 Å². The van der Waals surface area contributed by atoms with Crippen molar-refractivity contribution in [3.05, 3.63) is 48.3 Å². The van der Waals surface area contributed by atoms with Crippen LogP contribution < -0.4 is 4.74 Å². The van der Waals surface area contributed by atoms with Gasteiger partial charge in [-0.15, -0.1) is 5.10 Å². The standard InChI is InChI=1S/C20H23N9O/c1-27-7-4-15(5-8-27)28-13-14(11-23-28)9-18-22-12-17-20(24-18)29(26-25-17)16-3-6-21-19(10-16)30-2/h3,6,10-13,15H,4-5,7-9H2,1-2H3. The van der Waals surface area contributed by atoms with E-state index in [0.717, 1.165) is 37.2 Å². The Morgan fingerprint density at radius 1 is 1.17 bits per heavy atom. The molecule has 10 nitrogen and oxygen atoms in total. The zero-order chi connectivity index (χ0) is 20.5. The first-order valence-electron chi connectivity index (χ1n) is 9.99. The molecule has 10 heteroatoms. The predicted octanol–water partition coefficient (Wildman–Crippen LogP) is 1.67. The van der Waals surface area contributed by atoms with Gasteiger partial charge in [0, 0.05) is 24.9 Å². The number of ether oxygens (including phenoxy) is 1. The molecule has 1 saturated heterocycles. The summed E-state index contributed by atoms with van der Waals surface area (Å²) < 4.78 is 8.97. The summed E-state index contributed by atoms with van der Waals surface area (Å²) in [5, 5.41) is 13.0. The summed E-state index contributed by atoms with van der Waals surface area (Å²) in [5.41, 5.74) is 3.16. The number of hydrogen-bond acceptors (Lipinski definition) is 8. The number of pyridine rings is 1. The van der Waals surface area contributed by atoms with E-state index in [2.05, 4.69) is 48.2 Å². The molecule has 0 bridgehead atoms. The molecule has 0 atom stereocenters. The van der Waals surface area contributed by atoms with Gasteiger partial charge in [-0.1, -0.05) is 5.21 Å². The second-order valence-corrected chi connectivity index (χ2v) is 7.59. The minimum absolute atomic E-state index is 0.464. The second kappa shape index (κ2) is 7.79. The number of rotatable bonds is 5. The molecule has 0 aromatic carbocycles. The van der Waals surface area contributed by atoms with Gasteiger partial charge in [0.05, 0.1) is 31.2 Å². The van der Waals surface area contributed by atoms with E-state index < -0.39 is 0 Å². The topological polar surface area (TPSA) is 99.7 Å². The van der Waals surface area contributed by atoms with Crippen molar-refractivity contribution in [3.63, 3.8) is 0 Å². The summed E-state index contributed by atoms with van der Waals surface area (Å²) >= 11 is 0. The van der Waals surface area contributed by atoms with Crippen LogP contribution in [0.15, 0.2) is 36.9 Å². The molecule has 154 valence electrons. The molecule has 1 aliphatic rings. The van der Waals surface area contributed by atoms with Gasteiger partial charge in [-0.3, -0.25) is 4.68 Å². The molecule has 5 rings (SSSR count). The van der Waals surface area contributed by atoms with Crippen LogP contribution in [0.1, 0.15) is 30.3 Å². The maximum Gasteiger partial charge on any atom is 0.215 e. The Kier molecular flexibility index (Phi) is 4.83. The minimum Gasteiger partial charge on any atom is -0.481 e. The van der Waals surface area contributed by atoms with Gasteiger partial charge >= 0.3 is 0 Å². The molecule has 0 N–H and O–H groups in total. The lowest BCUT2D eigenvalue weighted by Gasteiger charge is -2.28. The van der Waals surface area contributed by atoms with Crippen LogP contribution in [0.4, 0.5) is 0 Å². The molecule has 0 spiro atoms. The van der Waals surface area contributed by atoms with Gasteiger partial charge in [0.1, 0.15) is 5.82 Å². The van der Waals surface area contributed by atoms with Crippen molar-refractivity contribution >= 4 is 11.2 Å². The van der Waals surface area contributed by atoms with Crippen LogP contribution >= 0.6 is 0 Å². The van der Waals surface area contributed by atoms with E-state index in [0.29, 0.717) is 35.3 Å². The molecular weight excluding hydrogens is 382 g/mol. The molecule has 1 fully saturated rings. The summed E-state index contributed by atoms with van der Waals surface area (Å²) in [6, 6.07) is 4.09. The molecular formula is C20H23N9O. The van der Waals surface area contributed by atoms with E-state index in [4.69, 9.17) is 9.72 Å². The van der Waals surface area contributed by atoms with Crippen molar-refractivity contribution in [2.24, 2.45) is 0 Å². The fraction of sp³-hybridized carbons (Fsp3) is 0.400. The highest BCUT2D eigenvalue weighted by Crippen LogP contribution is 2.22. The van der Waals surface area contributed by atoms with Crippen LogP contribution in [0.3, 0.4) is 0 Å². The monoisotopic (exact) mass is 405 g/mol. The van der Waals surface area contributed by atoms with Crippen LogP contribution in [-0.2, 0) is 6.42 Å². The fourth-order valence-corrected chi connectivity index (χ4v) is 3.78. The average Bonchev–Trinajstić information content (AvgIpc) is 3.41. The van der Waals surface area contributed by atoms with Gasteiger partial charge in [-0.25, -0.2) is 15.0 Å². The normalized spacial score (nSPS) is 15.7. The zero-order valence-corrected chi connectivity index (χ0v) is 17.0. The number of hydrogen-bond donors (Lipinski definition) is 0. The molecule has 0 saturated carbocycles. The number of likely N-dealkylation sites (tertiary alicyclic amines) is 1. The number of aromatic nitrogens is 8. The average molecular weight is 405 g/mol. The van der Waals surface area contributed by atoms with Crippen LogP contribution in [0.5, 0.6) is 5.88 Å². The largest absolute Gasteiger partial charge is 0.481 e. The maximum atomic E-state index is 5.21. The molecule has 30 heavy (non-hydrogen) atoms. The highest BCUT2D eigenvalue weighted by molar-refractivity contribution is 5.70. The van der Waals surface area contributed by atoms with E-state index in [1.54, 1.807) is 30.3 Å². The van der Waals surface area contributed by atoms with E-state index in [1.165, 1.54) is 0 Å². The fourth-order valence-electron chi connectivity index (χ4n) is 3.78. The van der Waals surface area contributed by atoms with Gasteiger partial charge in [-0.2, -0.15) is 9.78 Å². The smallest absolute Gasteiger partial charge is 0.215 e. The van der Waals surface area contributed by atoms with Crippen molar-refractivity contribution in [1.29, 1.82) is 0 Å². The lowest BCUT2D eigenvalue weighted by Crippen LogP contribution is -2.31. The number of nitrogens with zero attached hydrogens (tertiary/aromatic N) is 9. The Bertz CT molecular complexity index is 1160. The van der Waals surface area contributed by atoms with Crippen molar-refractivity contribution in [2.45, 2.75) is 25.3 Å². The van der Waals surface area contributed by atoms with Crippen LogP contribution in [0.25, 0.3) is 16.9 Å². The molecule has 4 aromatic rings. The van der Waals surface area contributed by atoms with Crippen LogP contribution in [-0.4, -0.2) is 71.9 Å². The molecule has 0 aliphatic carbocycles. The summed E-state index contributed by atoms with van der Waals surface area (Å²) in [5.74, 6) is 1.21. The predicted molar refractivity (Wildman–Crippen MR) is 110 cm³/mol. The first-order valence-corrected chi connectivity index (χ1v) is 9.99. The third-order valence-electron chi connectivity index (χ3n) is 5.49. The van der Waals surface area contributed by atoms with E-state index in [9.17, 15) is 0 Å². The zero-order valence-electron chi connectivity index (χ0n) is 17.0. The Hall–Kier alpha value is -3.40. The molecule has 5 heterocycles. The Balaban J connectivity index is 1.39. The van der Waals surface area contributed by atoms with Crippen molar-refractivity contribution < 1.29 is 4.74 Å². The third kappa shape index (κ3) is 3.61. The number of fused-ring (bicyclic) bond motifs is 1. The highest BCUT2D eigenvalue weighted by atomic mass is 16.5. The van der Waals surface area contributed by atoms with E-state index >= 15 is 0 Å². The summed E-state index contributed by atoms with van der Waals surface area (Å²) in [6.45, 7) is 2.22. The summed E-state index contributed by atoms with van der Waals surface area (Å²) in [6.07, 6.45) is 10.3. The van der Waals surface area contributed by atoms with Gasteiger partial charge in [-0.05, 0) is 44.6 Å². The number of piperidine rings is 1. The lowest BCUT2D eigenvalue weighted by molar-refractivity contribution is 0.212. The molecule has 1 aliphatic heterocycles. The molecule has 0 amide bonds. The minimum atomic E-state index is 0.464. The van der Waals surface area contributed by atoms with Crippen LogP contribution in [0.2, 0.25) is 0 Å². The van der Waals surface area contributed by atoms with Crippen molar-refractivity contribution in [3.8, 4) is 11.6 Å².